The van der Waals surface area contributed by atoms with Crippen molar-refractivity contribution in [3.8, 4) is 0 Å². The SMILES string of the molecule is CC1=C=C=C(C(C2=CCC(C)C=C2)(C(F)(F)F)C(F)(F)F)C=C1. The lowest BCUT2D eigenvalue weighted by molar-refractivity contribution is -0.308. The van der Waals surface area contributed by atoms with Gasteiger partial charge in [0.05, 0.1) is 0 Å². The Bertz CT molecular complexity index is 670. The van der Waals surface area contributed by atoms with Gasteiger partial charge in [-0.05, 0) is 42.6 Å². The molecule has 0 heterocycles. The zero-order valence-electron chi connectivity index (χ0n) is 12.4. The fourth-order valence-electron chi connectivity index (χ4n) is 2.63. The third-order valence-electron chi connectivity index (χ3n) is 3.90. The first-order chi connectivity index (χ1) is 10.5. The predicted octanol–water partition coefficient (Wildman–Crippen LogP) is 5.82. The lowest BCUT2D eigenvalue weighted by Gasteiger charge is -2.39. The molecule has 0 aliphatic heterocycles. The largest absolute Gasteiger partial charge is 0.411 e. The van der Waals surface area contributed by atoms with Gasteiger partial charge in [-0.2, -0.15) is 26.3 Å². The Morgan fingerprint density at radius 1 is 0.957 bits per heavy atom. The molecule has 23 heavy (non-hydrogen) atoms. The summed E-state index contributed by atoms with van der Waals surface area (Å²) in [5, 5.41) is 0. The summed E-state index contributed by atoms with van der Waals surface area (Å²) in [6, 6.07) is 0. The van der Waals surface area contributed by atoms with Gasteiger partial charge in [-0.15, -0.1) is 0 Å². The quantitative estimate of drug-likeness (QED) is 0.442. The second-order valence-corrected chi connectivity index (χ2v) is 5.66. The molecule has 1 unspecified atom stereocenters. The molecule has 1 atom stereocenters. The minimum atomic E-state index is -5.55. The highest BCUT2D eigenvalue weighted by atomic mass is 19.4. The van der Waals surface area contributed by atoms with Gasteiger partial charge in [-0.1, -0.05) is 36.6 Å². The van der Waals surface area contributed by atoms with Crippen molar-refractivity contribution >= 4 is 0 Å². The maximum absolute atomic E-state index is 13.7. The second kappa shape index (κ2) is 5.63. The van der Waals surface area contributed by atoms with Gasteiger partial charge in [0.1, 0.15) is 0 Å². The summed E-state index contributed by atoms with van der Waals surface area (Å²) in [5.74, 6) is -0.105. The minimum Gasteiger partial charge on any atom is -0.169 e. The van der Waals surface area contributed by atoms with Crippen LogP contribution in [0.1, 0.15) is 20.3 Å². The Morgan fingerprint density at radius 3 is 1.96 bits per heavy atom. The summed E-state index contributed by atoms with van der Waals surface area (Å²) in [5.41, 5.74) is -1.11. The van der Waals surface area contributed by atoms with Crippen LogP contribution in [0, 0.1) is 11.3 Å². The normalized spacial score (nSPS) is 21.9. The van der Waals surface area contributed by atoms with Crippen LogP contribution >= 0.6 is 0 Å². The topological polar surface area (TPSA) is 0 Å². The number of halogens is 6. The van der Waals surface area contributed by atoms with Gasteiger partial charge in [-0.25, -0.2) is 0 Å². The highest BCUT2D eigenvalue weighted by Gasteiger charge is 2.73. The maximum Gasteiger partial charge on any atom is 0.411 e. The van der Waals surface area contributed by atoms with Gasteiger partial charge in [0.15, 0.2) is 0 Å². The molecule has 0 radical (unpaired) electrons. The number of hydrogen-bond acceptors (Lipinski definition) is 0. The van der Waals surface area contributed by atoms with Gasteiger partial charge in [-0.3, -0.25) is 0 Å². The van der Waals surface area contributed by atoms with E-state index in [2.05, 4.69) is 11.5 Å². The summed E-state index contributed by atoms with van der Waals surface area (Å²) < 4.78 is 82.3. The molecule has 0 aromatic heterocycles. The van der Waals surface area contributed by atoms with Gasteiger partial charge >= 0.3 is 12.4 Å². The van der Waals surface area contributed by atoms with Crippen LogP contribution in [0.25, 0.3) is 0 Å². The van der Waals surface area contributed by atoms with E-state index in [0.717, 1.165) is 18.2 Å². The van der Waals surface area contributed by atoms with E-state index in [0.29, 0.717) is 5.57 Å². The molecule has 0 saturated heterocycles. The van der Waals surface area contributed by atoms with Crippen molar-refractivity contribution in [3.63, 3.8) is 0 Å². The zero-order valence-corrected chi connectivity index (χ0v) is 12.4. The van der Waals surface area contributed by atoms with E-state index in [1.165, 1.54) is 19.1 Å². The molecule has 124 valence electrons. The molecule has 2 rings (SSSR count). The van der Waals surface area contributed by atoms with Crippen LogP contribution in [0.3, 0.4) is 0 Å². The van der Waals surface area contributed by atoms with Crippen molar-refractivity contribution in [1.82, 2.24) is 0 Å². The summed E-state index contributed by atoms with van der Waals surface area (Å²) >= 11 is 0. The summed E-state index contributed by atoms with van der Waals surface area (Å²) in [4.78, 5) is 0. The average Bonchev–Trinajstić information content (AvgIpc) is 2.40. The lowest BCUT2D eigenvalue weighted by atomic mass is 9.69. The van der Waals surface area contributed by atoms with E-state index in [1.807, 2.05) is 0 Å². The van der Waals surface area contributed by atoms with Crippen molar-refractivity contribution in [3.05, 3.63) is 58.6 Å². The van der Waals surface area contributed by atoms with Crippen LogP contribution in [0.2, 0.25) is 0 Å². The van der Waals surface area contributed by atoms with E-state index in [9.17, 15) is 26.3 Å². The van der Waals surface area contributed by atoms with Crippen molar-refractivity contribution in [2.75, 3.05) is 0 Å². The van der Waals surface area contributed by atoms with Crippen molar-refractivity contribution in [1.29, 1.82) is 0 Å². The van der Waals surface area contributed by atoms with Crippen molar-refractivity contribution in [2.24, 2.45) is 11.3 Å². The molecule has 0 nitrogen and oxygen atoms in total. The summed E-state index contributed by atoms with van der Waals surface area (Å²) in [7, 11) is 0. The van der Waals surface area contributed by atoms with E-state index < -0.39 is 28.9 Å². The average molecular weight is 332 g/mol. The van der Waals surface area contributed by atoms with Crippen LogP contribution in [0.15, 0.2) is 58.6 Å². The third-order valence-corrected chi connectivity index (χ3v) is 3.90. The Morgan fingerprint density at radius 2 is 1.57 bits per heavy atom. The van der Waals surface area contributed by atoms with Gasteiger partial charge < -0.3 is 0 Å². The molecule has 2 aliphatic carbocycles. The van der Waals surface area contributed by atoms with E-state index in [1.54, 1.807) is 6.92 Å². The number of hydrogen-bond donors (Lipinski definition) is 0. The third kappa shape index (κ3) is 2.85. The van der Waals surface area contributed by atoms with Crippen LogP contribution in [0.5, 0.6) is 0 Å². The van der Waals surface area contributed by atoms with Crippen LogP contribution in [-0.4, -0.2) is 12.4 Å². The first kappa shape index (κ1) is 17.5. The smallest absolute Gasteiger partial charge is 0.169 e. The molecular weight excluding hydrogens is 318 g/mol. The van der Waals surface area contributed by atoms with Crippen LogP contribution in [0.4, 0.5) is 26.3 Å². The van der Waals surface area contributed by atoms with Gasteiger partial charge in [0, 0.05) is 5.57 Å². The minimum absolute atomic E-state index is 0.105. The standard InChI is InChI=1S/C17H14F6/c1-11-3-7-13(8-4-11)15(16(18,19)20,17(21,22)23)14-9-5-12(2)6-10-14/h3,5,7-9,11H,4H2,1-2H3. The molecule has 6 heteroatoms. The molecule has 0 fully saturated rings. The Kier molecular flexibility index (Phi) is 4.27. The Labute approximate surface area is 129 Å². The predicted molar refractivity (Wildman–Crippen MR) is 74.4 cm³/mol. The second-order valence-electron chi connectivity index (χ2n) is 5.66. The van der Waals surface area contributed by atoms with Crippen molar-refractivity contribution in [2.45, 2.75) is 32.6 Å². The molecule has 0 spiro atoms. The Balaban J connectivity index is 2.82. The van der Waals surface area contributed by atoms with Gasteiger partial charge in [0.25, 0.3) is 0 Å². The lowest BCUT2D eigenvalue weighted by Crippen LogP contribution is -2.52. The molecule has 0 aromatic rings. The van der Waals surface area contributed by atoms with Crippen molar-refractivity contribution < 1.29 is 26.3 Å². The Hall–Kier alpha value is -1.90. The zero-order chi connectivity index (χ0) is 17.5. The number of rotatable bonds is 2. The van der Waals surface area contributed by atoms with E-state index >= 15 is 0 Å². The van der Waals surface area contributed by atoms with Gasteiger partial charge in [0.2, 0.25) is 5.41 Å². The molecular formula is C17H14F6. The first-order valence-corrected chi connectivity index (χ1v) is 6.93. The molecule has 0 N–H and O–H groups in total. The van der Waals surface area contributed by atoms with E-state index in [4.69, 9.17) is 0 Å². The first-order valence-electron chi connectivity index (χ1n) is 6.93. The molecule has 0 aromatic carbocycles. The molecule has 0 amide bonds. The highest BCUT2D eigenvalue weighted by Crippen LogP contribution is 2.60. The highest BCUT2D eigenvalue weighted by molar-refractivity contribution is 5.48. The molecule has 2 aliphatic rings. The van der Waals surface area contributed by atoms with Crippen LogP contribution in [-0.2, 0) is 0 Å². The fourth-order valence-corrected chi connectivity index (χ4v) is 2.63. The fraction of sp³-hybridized carbons (Fsp3) is 0.412. The monoisotopic (exact) mass is 332 g/mol. The summed E-state index contributed by atoms with van der Waals surface area (Å²) in [6.07, 6.45) is -5.70. The summed E-state index contributed by atoms with van der Waals surface area (Å²) in [6.45, 7) is 3.24. The molecule has 0 bridgehead atoms. The number of alkyl halides is 6. The number of allylic oxidation sites excluding steroid dienone is 8. The van der Waals surface area contributed by atoms with E-state index in [-0.39, 0.29) is 12.3 Å². The van der Waals surface area contributed by atoms with Crippen LogP contribution < -0.4 is 0 Å². The molecule has 0 saturated carbocycles. The maximum atomic E-state index is 13.7.